The number of hydrogen-bond acceptors (Lipinski definition) is 2. The molecule has 1 aromatic heterocycles. The second kappa shape index (κ2) is 3.42. The minimum absolute atomic E-state index is 0.571. The van der Waals surface area contributed by atoms with Crippen LogP contribution in [0, 0.1) is 20.8 Å². The molecule has 0 aliphatic rings. The summed E-state index contributed by atoms with van der Waals surface area (Å²) in [6, 6.07) is 6.35. The summed E-state index contributed by atoms with van der Waals surface area (Å²) in [5, 5.41) is 6.92. The molecule has 0 bridgehead atoms. The van der Waals surface area contributed by atoms with Crippen molar-refractivity contribution in [1.82, 2.24) is 10.2 Å². The number of benzene rings is 1. The summed E-state index contributed by atoms with van der Waals surface area (Å²) in [5.41, 5.74) is 11.5. The van der Waals surface area contributed by atoms with E-state index in [-0.39, 0.29) is 0 Å². The maximum absolute atomic E-state index is 5.85. The van der Waals surface area contributed by atoms with Gasteiger partial charge in [0.15, 0.2) is 5.82 Å². The average molecular weight is 201 g/mol. The fourth-order valence-electron chi connectivity index (χ4n) is 1.79. The highest BCUT2D eigenvalue weighted by atomic mass is 15.2. The Labute approximate surface area is 89.3 Å². The molecular formula is C12H15N3. The van der Waals surface area contributed by atoms with E-state index < -0.39 is 0 Å². The number of nitrogens with zero attached hydrogens (tertiary/aromatic N) is 1. The normalized spacial score (nSPS) is 10.6. The topological polar surface area (TPSA) is 54.7 Å². The number of nitrogens with two attached hydrogens (primary N) is 1. The van der Waals surface area contributed by atoms with Crippen LogP contribution in [0.3, 0.4) is 0 Å². The second-order valence-corrected chi connectivity index (χ2v) is 3.93. The van der Waals surface area contributed by atoms with Crippen LogP contribution in [0.15, 0.2) is 18.2 Å². The molecule has 0 spiro atoms. The van der Waals surface area contributed by atoms with Crippen molar-refractivity contribution < 1.29 is 0 Å². The van der Waals surface area contributed by atoms with Crippen LogP contribution in [-0.2, 0) is 0 Å². The highest BCUT2D eigenvalue weighted by molar-refractivity contribution is 5.78. The number of anilines is 1. The molecule has 78 valence electrons. The number of aromatic amines is 1. The van der Waals surface area contributed by atoms with Gasteiger partial charge in [-0.05, 0) is 31.9 Å². The van der Waals surface area contributed by atoms with Crippen LogP contribution in [0.1, 0.15) is 16.8 Å². The second-order valence-electron chi connectivity index (χ2n) is 3.93. The first-order valence-corrected chi connectivity index (χ1v) is 4.97. The van der Waals surface area contributed by atoms with Crippen molar-refractivity contribution in [3.63, 3.8) is 0 Å². The molecule has 0 saturated carbocycles. The Hall–Kier alpha value is -1.77. The molecule has 0 atom stereocenters. The third kappa shape index (κ3) is 1.61. The summed E-state index contributed by atoms with van der Waals surface area (Å²) in [6.07, 6.45) is 0. The first-order chi connectivity index (χ1) is 7.09. The van der Waals surface area contributed by atoms with E-state index in [1.54, 1.807) is 0 Å². The van der Waals surface area contributed by atoms with Gasteiger partial charge in [-0.25, -0.2) is 0 Å². The van der Waals surface area contributed by atoms with Crippen LogP contribution in [0.4, 0.5) is 5.82 Å². The maximum Gasteiger partial charge on any atom is 0.153 e. The van der Waals surface area contributed by atoms with E-state index in [2.05, 4.69) is 42.2 Å². The molecule has 2 aromatic rings. The lowest BCUT2D eigenvalue weighted by Gasteiger charge is -2.06. The smallest absolute Gasteiger partial charge is 0.153 e. The molecule has 0 saturated heterocycles. The van der Waals surface area contributed by atoms with Gasteiger partial charge in [-0.1, -0.05) is 23.8 Å². The van der Waals surface area contributed by atoms with Crippen LogP contribution in [0.2, 0.25) is 0 Å². The van der Waals surface area contributed by atoms with Gasteiger partial charge in [0.2, 0.25) is 0 Å². The Morgan fingerprint density at radius 3 is 2.53 bits per heavy atom. The molecule has 3 heteroatoms. The number of nitrogens with one attached hydrogen (secondary N) is 1. The minimum Gasteiger partial charge on any atom is -0.382 e. The van der Waals surface area contributed by atoms with E-state index in [0.29, 0.717) is 5.82 Å². The lowest BCUT2D eigenvalue weighted by molar-refractivity contribution is 1.05. The van der Waals surface area contributed by atoms with Crippen LogP contribution < -0.4 is 5.73 Å². The van der Waals surface area contributed by atoms with Crippen LogP contribution in [-0.4, -0.2) is 10.2 Å². The van der Waals surface area contributed by atoms with Crippen molar-refractivity contribution in [2.24, 2.45) is 0 Å². The number of hydrogen-bond donors (Lipinski definition) is 2. The summed E-state index contributed by atoms with van der Waals surface area (Å²) < 4.78 is 0. The monoisotopic (exact) mass is 201 g/mol. The fraction of sp³-hybridized carbons (Fsp3) is 0.250. The fourth-order valence-corrected chi connectivity index (χ4v) is 1.79. The van der Waals surface area contributed by atoms with E-state index >= 15 is 0 Å². The molecule has 1 aromatic carbocycles. The average Bonchev–Trinajstić information content (AvgIpc) is 2.51. The summed E-state index contributed by atoms with van der Waals surface area (Å²) in [6.45, 7) is 6.15. The highest BCUT2D eigenvalue weighted by Gasteiger charge is 2.11. The molecule has 15 heavy (non-hydrogen) atoms. The molecule has 0 amide bonds. The molecule has 0 aliphatic carbocycles. The predicted molar refractivity (Wildman–Crippen MR) is 62.6 cm³/mol. The largest absolute Gasteiger partial charge is 0.382 e. The first kappa shape index (κ1) is 9.77. The van der Waals surface area contributed by atoms with Crippen molar-refractivity contribution in [1.29, 1.82) is 0 Å². The van der Waals surface area contributed by atoms with Crippen molar-refractivity contribution >= 4 is 5.82 Å². The van der Waals surface area contributed by atoms with E-state index in [9.17, 15) is 0 Å². The quantitative estimate of drug-likeness (QED) is 0.745. The number of rotatable bonds is 1. The van der Waals surface area contributed by atoms with Gasteiger partial charge in [0.05, 0.1) is 0 Å². The molecular weight excluding hydrogens is 186 g/mol. The van der Waals surface area contributed by atoms with Crippen molar-refractivity contribution in [3.05, 3.63) is 35.0 Å². The zero-order valence-corrected chi connectivity index (χ0v) is 9.26. The molecule has 2 rings (SSSR count). The van der Waals surface area contributed by atoms with Crippen LogP contribution in [0.25, 0.3) is 11.1 Å². The SMILES string of the molecule is Cc1ccc(C)c(-c2c(N)n[nH]c2C)c1. The zero-order valence-electron chi connectivity index (χ0n) is 9.26. The Morgan fingerprint density at radius 1 is 1.20 bits per heavy atom. The standard InChI is InChI=1S/C12H15N3/c1-7-4-5-8(2)10(6-7)11-9(3)14-15-12(11)13/h4-6H,1-3H3,(H3,13,14,15). The Bertz CT molecular complexity index is 478. The highest BCUT2D eigenvalue weighted by Crippen LogP contribution is 2.30. The van der Waals surface area contributed by atoms with Gasteiger partial charge in [0.1, 0.15) is 0 Å². The van der Waals surface area contributed by atoms with Gasteiger partial charge < -0.3 is 5.73 Å². The zero-order chi connectivity index (χ0) is 11.0. The van der Waals surface area contributed by atoms with Crippen LogP contribution >= 0.6 is 0 Å². The molecule has 3 N–H and O–H groups in total. The van der Waals surface area contributed by atoms with Gasteiger partial charge in [0, 0.05) is 11.3 Å². The van der Waals surface area contributed by atoms with E-state index in [0.717, 1.165) is 11.3 Å². The lowest BCUT2D eigenvalue weighted by atomic mass is 9.98. The number of aryl methyl sites for hydroxylation is 3. The number of nitrogen functional groups attached to an aromatic ring is 1. The van der Waals surface area contributed by atoms with E-state index in [1.165, 1.54) is 16.7 Å². The Balaban J connectivity index is 2.68. The summed E-state index contributed by atoms with van der Waals surface area (Å²) in [7, 11) is 0. The van der Waals surface area contributed by atoms with Gasteiger partial charge in [-0.2, -0.15) is 5.10 Å². The Morgan fingerprint density at radius 2 is 1.93 bits per heavy atom. The van der Waals surface area contributed by atoms with Gasteiger partial charge in [-0.15, -0.1) is 0 Å². The molecule has 1 heterocycles. The van der Waals surface area contributed by atoms with Gasteiger partial charge >= 0.3 is 0 Å². The minimum atomic E-state index is 0.571. The van der Waals surface area contributed by atoms with Gasteiger partial charge in [-0.3, -0.25) is 5.10 Å². The van der Waals surface area contributed by atoms with E-state index in [1.807, 2.05) is 6.92 Å². The van der Waals surface area contributed by atoms with Crippen molar-refractivity contribution in [2.75, 3.05) is 5.73 Å². The van der Waals surface area contributed by atoms with Crippen LogP contribution in [0.5, 0.6) is 0 Å². The summed E-state index contributed by atoms with van der Waals surface area (Å²) >= 11 is 0. The number of H-pyrrole nitrogens is 1. The third-order valence-corrected chi connectivity index (χ3v) is 2.64. The molecule has 3 nitrogen and oxygen atoms in total. The lowest BCUT2D eigenvalue weighted by Crippen LogP contribution is -1.91. The summed E-state index contributed by atoms with van der Waals surface area (Å²) in [5.74, 6) is 0.571. The summed E-state index contributed by atoms with van der Waals surface area (Å²) in [4.78, 5) is 0. The molecule has 0 aliphatic heterocycles. The molecule has 0 fully saturated rings. The first-order valence-electron chi connectivity index (χ1n) is 4.97. The third-order valence-electron chi connectivity index (χ3n) is 2.64. The van der Waals surface area contributed by atoms with E-state index in [4.69, 9.17) is 5.73 Å². The predicted octanol–water partition coefficient (Wildman–Crippen LogP) is 2.58. The number of aromatic nitrogens is 2. The molecule has 0 unspecified atom stereocenters. The van der Waals surface area contributed by atoms with Crippen molar-refractivity contribution in [2.45, 2.75) is 20.8 Å². The van der Waals surface area contributed by atoms with Gasteiger partial charge in [0.25, 0.3) is 0 Å². The Kier molecular flexibility index (Phi) is 2.23. The molecule has 0 radical (unpaired) electrons. The van der Waals surface area contributed by atoms with Crippen molar-refractivity contribution in [3.8, 4) is 11.1 Å². The maximum atomic E-state index is 5.85.